The van der Waals surface area contributed by atoms with E-state index in [-0.39, 0.29) is 18.1 Å². The molecule has 2 aromatic rings. The molecule has 0 aromatic heterocycles. The van der Waals surface area contributed by atoms with Gasteiger partial charge in [-0.25, -0.2) is 0 Å². The lowest BCUT2D eigenvalue weighted by Gasteiger charge is -2.40. The van der Waals surface area contributed by atoms with E-state index >= 15 is 0 Å². The lowest BCUT2D eigenvalue weighted by molar-refractivity contribution is -0.138. The quantitative estimate of drug-likeness (QED) is 0.618. The van der Waals surface area contributed by atoms with Crippen LogP contribution in [0.15, 0.2) is 48.5 Å². The molecule has 0 aliphatic heterocycles. The average molecular weight is 424 g/mol. The van der Waals surface area contributed by atoms with Crippen LogP contribution >= 0.6 is 11.6 Å². The van der Waals surface area contributed by atoms with Gasteiger partial charge in [-0.15, -0.1) is 0 Å². The summed E-state index contributed by atoms with van der Waals surface area (Å²) >= 11 is 5.92. The van der Waals surface area contributed by atoms with Gasteiger partial charge in [0, 0.05) is 23.6 Å². The summed E-state index contributed by atoms with van der Waals surface area (Å²) in [6.07, 6.45) is -3.08. The van der Waals surface area contributed by atoms with Gasteiger partial charge in [0.25, 0.3) is 0 Å². The number of hydrogen-bond donors (Lipinski definition) is 1. The summed E-state index contributed by atoms with van der Waals surface area (Å²) in [4.78, 5) is 25.0. The first kappa shape index (κ1) is 21.4. The van der Waals surface area contributed by atoms with Crippen LogP contribution in [0.2, 0.25) is 5.02 Å². The molecule has 1 fully saturated rings. The van der Waals surface area contributed by atoms with E-state index in [9.17, 15) is 22.8 Å². The molecule has 0 bridgehead atoms. The normalized spacial score (nSPS) is 15.4. The smallest absolute Gasteiger partial charge is 0.355 e. The van der Waals surface area contributed by atoms with Crippen molar-refractivity contribution in [3.63, 3.8) is 0 Å². The average Bonchev–Trinajstić information content (AvgIpc) is 2.61. The van der Waals surface area contributed by atoms with Gasteiger partial charge in [0.15, 0.2) is 5.78 Å². The van der Waals surface area contributed by atoms with Gasteiger partial charge in [0.05, 0.1) is 11.8 Å². The Hall–Kier alpha value is -2.34. The monoisotopic (exact) mass is 423 g/mol. The van der Waals surface area contributed by atoms with Crippen LogP contribution in [0.4, 0.5) is 13.2 Å². The molecule has 3 nitrogen and oxygen atoms in total. The Bertz CT molecular complexity index is 890. The van der Waals surface area contributed by atoms with E-state index in [0.717, 1.165) is 17.5 Å². The van der Waals surface area contributed by atoms with Crippen molar-refractivity contribution in [1.29, 1.82) is 0 Å². The molecule has 1 aliphatic carbocycles. The molecule has 0 spiro atoms. The van der Waals surface area contributed by atoms with Crippen LogP contribution in [-0.2, 0) is 16.6 Å². The number of halogens is 4. The van der Waals surface area contributed by atoms with E-state index in [1.807, 2.05) is 0 Å². The first-order valence-electron chi connectivity index (χ1n) is 9.43. The Morgan fingerprint density at radius 2 is 1.76 bits per heavy atom. The number of carbonyl (C=O) groups excluding carboxylic acids is 2. The largest absolute Gasteiger partial charge is 0.390 e. The van der Waals surface area contributed by atoms with E-state index in [4.69, 9.17) is 11.6 Å². The SMILES string of the molecule is O=C(Cc1ccc(C2(C(=O)NCCC(F)(F)F)CCC2)cc1)c1cccc(Cl)c1. The molecule has 0 saturated heterocycles. The predicted molar refractivity (Wildman–Crippen MR) is 105 cm³/mol. The first-order valence-corrected chi connectivity index (χ1v) is 9.81. The molecular weight excluding hydrogens is 403 g/mol. The van der Waals surface area contributed by atoms with Gasteiger partial charge in [-0.2, -0.15) is 13.2 Å². The number of hydrogen-bond acceptors (Lipinski definition) is 2. The van der Waals surface area contributed by atoms with Gasteiger partial charge >= 0.3 is 6.18 Å². The van der Waals surface area contributed by atoms with Crippen molar-refractivity contribution in [2.45, 2.75) is 43.7 Å². The maximum absolute atomic E-state index is 12.6. The number of nitrogens with one attached hydrogen (secondary N) is 1. The van der Waals surface area contributed by atoms with E-state index in [0.29, 0.717) is 23.4 Å². The fraction of sp³-hybridized carbons (Fsp3) is 0.364. The highest BCUT2D eigenvalue weighted by molar-refractivity contribution is 6.31. The highest BCUT2D eigenvalue weighted by Crippen LogP contribution is 2.44. The van der Waals surface area contributed by atoms with Crippen LogP contribution in [0.3, 0.4) is 0 Å². The second-order valence-corrected chi connectivity index (χ2v) is 7.80. The number of carbonyl (C=O) groups is 2. The van der Waals surface area contributed by atoms with Crippen molar-refractivity contribution in [2.75, 3.05) is 6.54 Å². The Labute approximate surface area is 172 Å². The first-order chi connectivity index (χ1) is 13.7. The molecule has 1 amide bonds. The van der Waals surface area contributed by atoms with E-state index < -0.39 is 24.6 Å². The zero-order valence-corrected chi connectivity index (χ0v) is 16.4. The van der Waals surface area contributed by atoms with Gasteiger partial charge in [-0.05, 0) is 36.1 Å². The van der Waals surface area contributed by atoms with Crippen LogP contribution in [-0.4, -0.2) is 24.4 Å². The van der Waals surface area contributed by atoms with Crippen LogP contribution in [0.25, 0.3) is 0 Å². The van der Waals surface area contributed by atoms with Crippen molar-refractivity contribution in [3.05, 3.63) is 70.2 Å². The molecule has 29 heavy (non-hydrogen) atoms. The molecule has 7 heteroatoms. The molecule has 1 aliphatic rings. The van der Waals surface area contributed by atoms with Crippen molar-refractivity contribution in [2.24, 2.45) is 0 Å². The lowest BCUT2D eigenvalue weighted by atomic mass is 9.63. The topological polar surface area (TPSA) is 46.2 Å². The minimum Gasteiger partial charge on any atom is -0.355 e. The molecule has 1 saturated carbocycles. The summed E-state index contributed by atoms with van der Waals surface area (Å²) < 4.78 is 37.0. The number of Topliss-reactive ketones (excluding diaryl/α,β-unsaturated/α-hetero) is 1. The zero-order chi connectivity index (χ0) is 21.1. The standard InChI is InChI=1S/C22H21ClF3NO2/c23-18-4-1-3-16(14-18)19(28)13-15-5-7-17(8-6-15)21(9-2-10-21)20(29)27-12-11-22(24,25)26/h1,3-8,14H,2,9-13H2,(H,27,29). The van der Waals surface area contributed by atoms with Crippen molar-refractivity contribution < 1.29 is 22.8 Å². The maximum atomic E-state index is 12.6. The van der Waals surface area contributed by atoms with Crippen LogP contribution in [0.1, 0.15) is 47.2 Å². The van der Waals surface area contributed by atoms with E-state index in [1.54, 1.807) is 48.5 Å². The Morgan fingerprint density at radius 1 is 1.07 bits per heavy atom. The third kappa shape index (κ3) is 5.18. The highest BCUT2D eigenvalue weighted by Gasteiger charge is 2.45. The minimum atomic E-state index is -4.29. The predicted octanol–water partition coefficient (Wildman–Crippen LogP) is 5.26. The fourth-order valence-corrected chi connectivity index (χ4v) is 3.75. The summed E-state index contributed by atoms with van der Waals surface area (Å²) in [5.41, 5.74) is 1.32. The maximum Gasteiger partial charge on any atom is 0.390 e. The number of amides is 1. The van der Waals surface area contributed by atoms with Gasteiger partial charge < -0.3 is 5.32 Å². The second-order valence-electron chi connectivity index (χ2n) is 7.36. The molecule has 1 N–H and O–H groups in total. The lowest BCUT2D eigenvalue weighted by Crippen LogP contribution is -2.49. The fourth-order valence-electron chi connectivity index (χ4n) is 3.56. The number of ketones is 1. The highest BCUT2D eigenvalue weighted by atomic mass is 35.5. The van der Waals surface area contributed by atoms with Gasteiger partial charge in [-0.3, -0.25) is 9.59 Å². The Kier molecular flexibility index (Phi) is 6.32. The molecule has 154 valence electrons. The molecule has 3 rings (SSSR count). The van der Waals surface area contributed by atoms with E-state index in [1.165, 1.54) is 0 Å². The van der Waals surface area contributed by atoms with Crippen molar-refractivity contribution >= 4 is 23.3 Å². The second kappa shape index (κ2) is 8.57. The third-order valence-corrected chi connectivity index (χ3v) is 5.59. The molecule has 0 unspecified atom stereocenters. The van der Waals surface area contributed by atoms with Crippen LogP contribution < -0.4 is 5.32 Å². The molecule has 0 atom stereocenters. The van der Waals surface area contributed by atoms with Gasteiger partial charge in [0.2, 0.25) is 5.91 Å². The summed E-state index contributed by atoms with van der Waals surface area (Å²) in [5.74, 6) is -0.431. The van der Waals surface area contributed by atoms with Crippen molar-refractivity contribution in [3.8, 4) is 0 Å². The summed E-state index contributed by atoms with van der Waals surface area (Å²) in [6, 6.07) is 13.9. The van der Waals surface area contributed by atoms with Gasteiger partial charge in [0.1, 0.15) is 0 Å². The summed E-state index contributed by atoms with van der Waals surface area (Å²) in [7, 11) is 0. The Balaban J connectivity index is 1.66. The zero-order valence-electron chi connectivity index (χ0n) is 15.7. The molecular formula is C22H21ClF3NO2. The van der Waals surface area contributed by atoms with Crippen LogP contribution in [0, 0.1) is 0 Å². The molecule has 2 aromatic carbocycles. The third-order valence-electron chi connectivity index (χ3n) is 5.35. The number of benzene rings is 2. The van der Waals surface area contributed by atoms with Gasteiger partial charge in [-0.1, -0.05) is 54.4 Å². The van der Waals surface area contributed by atoms with E-state index in [2.05, 4.69) is 5.32 Å². The summed E-state index contributed by atoms with van der Waals surface area (Å²) in [6.45, 7) is -0.420. The molecule has 0 heterocycles. The Morgan fingerprint density at radius 3 is 2.31 bits per heavy atom. The number of alkyl halides is 3. The number of rotatable bonds is 7. The van der Waals surface area contributed by atoms with Crippen molar-refractivity contribution in [1.82, 2.24) is 5.32 Å². The summed E-state index contributed by atoms with van der Waals surface area (Å²) in [5, 5.41) is 2.92. The minimum absolute atomic E-state index is 0.0662. The van der Waals surface area contributed by atoms with Crippen LogP contribution in [0.5, 0.6) is 0 Å². The molecule has 0 radical (unpaired) electrons.